The van der Waals surface area contributed by atoms with Crippen molar-refractivity contribution in [2.45, 2.75) is 49.8 Å². The molecule has 5 heteroatoms. The van der Waals surface area contributed by atoms with Crippen LogP contribution in [0, 0.1) is 23.0 Å². The van der Waals surface area contributed by atoms with Crippen molar-refractivity contribution >= 4 is 0 Å². The Bertz CT molecular complexity index is 597. The van der Waals surface area contributed by atoms with Crippen molar-refractivity contribution in [3.63, 3.8) is 0 Å². The van der Waals surface area contributed by atoms with E-state index in [-0.39, 0.29) is 23.2 Å². The van der Waals surface area contributed by atoms with Crippen LogP contribution in [-0.2, 0) is 5.60 Å². The summed E-state index contributed by atoms with van der Waals surface area (Å²) in [5.41, 5.74) is -0.991. The molecule has 2 saturated heterocycles. The first-order chi connectivity index (χ1) is 9.94. The number of benzene rings is 1. The number of hydrogen-bond donors (Lipinski definition) is 1. The van der Waals surface area contributed by atoms with Crippen LogP contribution in [0.2, 0.25) is 0 Å². The maximum absolute atomic E-state index is 13.6. The van der Waals surface area contributed by atoms with E-state index in [0.29, 0.717) is 12.8 Å². The zero-order valence-corrected chi connectivity index (χ0v) is 11.9. The quantitative estimate of drug-likeness (QED) is 0.865. The molecule has 0 amide bonds. The van der Waals surface area contributed by atoms with Crippen LogP contribution in [0.5, 0.6) is 0 Å². The third kappa shape index (κ3) is 2.33. The molecular formula is C16H18F2N2O. The molecule has 2 aliphatic heterocycles. The number of nitriles is 1. The van der Waals surface area contributed by atoms with E-state index in [1.807, 2.05) is 13.1 Å². The highest BCUT2D eigenvalue weighted by Crippen LogP contribution is 2.44. The van der Waals surface area contributed by atoms with Gasteiger partial charge < -0.3 is 10.0 Å². The van der Waals surface area contributed by atoms with E-state index in [4.69, 9.17) is 0 Å². The molecule has 3 rings (SSSR count). The molecule has 0 aliphatic carbocycles. The van der Waals surface area contributed by atoms with Gasteiger partial charge in [-0.25, -0.2) is 8.78 Å². The van der Waals surface area contributed by atoms with Gasteiger partial charge in [-0.15, -0.1) is 0 Å². The van der Waals surface area contributed by atoms with Gasteiger partial charge in [-0.05, 0) is 44.9 Å². The van der Waals surface area contributed by atoms with Gasteiger partial charge in [0.25, 0.3) is 0 Å². The fourth-order valence-corrected chi connectivity index (χ4v) is 3.89. The number of rotatable bonds is 1. The third-order valence-corrected chi connectivity index (χ3v) is 5.06. The molecule has 3 nitrogen and oxygen atoms in total. The molecule has 0 aromatic heterocycles. The standard InChI is InChI=1S/C16H18F2N2O/c1-20-11-3-2-4-12(20)8-16(21,7-11)13-6-15(18)14(17)5-10(13)9-19/h5-6,11-12,21H,2-4,7-8H2,1H3. The van der Waals surface area contributed by atoms with Crippen LogP contribution in [0.3, 0.4) is 0 Å². The summed E-state index contributed by atoms with van der Waals surface area (Å²) in [4.78, 5) is 2.27. The molecule has 0 spiro atoms. The molecule has 1 aromatic carbocycles. The van der Waals surface area contributed by atoms with Crippen molar-refractivity contribution in [3.05, 3.63) is 34.9 Å². The van der Waals surface area contributed by atoms with E-state index in [1.54, 1.807) is 0 Å². The largest absolute Gasteiger partial charge is 0.385 e. The van der Waals surface area contributed by atoms with Crippen LogP contribution >= 0.6 is 0 Å². The second-order valence-corrected chi connectivity index (χ2v) is 6.27. The topological polar surface area (TPSA) is 47.3 Å². The normalized spacial score (nSPS) is 32.7. The fourth-order valence-electron chi connectivity index (χ4n) is 3.89. The number of nitrogens with zero attached hydrogens (tertiary/aromatic N) is 2. The summed E-state index contributed by atoms with van der Waals surface area (Å²) in [6.07, 6.45) is 4.01. The van der Waals surface area contributed by atoms with Gasteiger partial charge in [0.1, 0.15) is 0 Å². The summed E-state index contributed by atoms with van der Waals surface area (Å²) < 4.78 is 26.9. The maximum atomic E-state index is 13.6. The van der Waals surface area contributed by atoms with E-state index in [1.165, 1.54) is 0 Å². The molecule has 2 bridgehead atoms. The van der Waals surface area contributed by atoms with Gasteiger partial charge in [-0.2, -0.15) is 5.26 Å². The molecule has 112 valence electrons. The summed E-state index contributed by atoms with van der Waals surface area (Å²) >= 11 is 0. The summed E-state index contributed by atoms with van der Waals surface area (Å²) in [5, 5.41) is 20.2. The second-order valence-electron chi connectivity index (χ2n) is 6.27. The average Bonchev–Trinajstić information content (AvgIpc) is 2.43. The summed E-state index contributed by atoms with van der Waals surface area (Å²) in [6, 6.07) is 4.21. The van der Waals surface area contributed by atoms with Crippen molar-refractivity contribution in [2.75, 3.05) is 7.05 Å². The fraction of sp³-hybridized carbons (Fsp3) is 0.562. The minimum atomic E-state index is -1.25. The van der Waals surface area contributed by atoms with Crippen molar-refractivity contribution in [1.29, 1.82) is 5.26 Å². The van der Waals surface area contributed by atoms with Crippen LogP contribution in [0.25, 0.3) is 0 Å². The lowest BCUT2D eigenvalue weighted by molar-refractivity contribution is -0.0877. The van der Waals surface area contributed by atoms with Gasteiger partial charge in [-0.3, -0.25) is 0 Å². The summed E-state index contributed by atoms with van der Waals surface area (Å²) in [5.74, 6) is -2.06. The van der Waals surface area contributed by atoms with Crippen LogP contribution in [0.15, 0.2) is 12.1 Å². The number of piperidine rings is 2. The Morgan fingerprint density at radius 1 is 1.24 bits per heavy atom. The van der Waals surface area contributed by atoms with Gasteiger partial charge >= 0.3 is 0 Å². The molecule has 2 heterocycles. The predicted molar refractivity (Wildman–Crippen MR) is 73.4 cm³/mol. The Hall–Kier alpha value is -1.51. The lowest BCUT2D eigenvalue weighted by Gasteiger charge is -2.51. The zero-order valence-electron chi connectivity index (χ0n) is 11.9. The van der Waals surface area contributed by atoms with Gasteiger partial charge in [-0.1, -0.05) is 6.42 Å². The first-order valence-corrected chi connectivity index (χ1v) is 7.28. The third-order valence-electron chi connectivity index (χ3n) is 5.06. The molecule has 0 saturated carbocycles. The van der Waals surface area contributed by atoms with Crippen molar-refractivity contribution in [1.82, 2.24) is 4.90 Å². The van der Waals surface area contributed by atoms with Crippen LogP contribution in [0.4, 0.5) is 8.78 Å². The molecule has 2 atom stereocenters. The maximum Gasteiger partial charge on any atom is 0.160 e. The first kappa shape index (κ1) is 14.4. The second kappa shape index (κ2) is 5.04. The highest BCUT2D eigenvalue weighted by atomic mass is 19.2. The van der Waals surface area contributed by atoms with Crippen molar-refractivity contribution < 1.29 is 13.9 Å². The van der Waals surface area contributed by atoms with E-state index in [2.05, 4.69) is 4.90 Å². The van der Waals surface area contributed by atoms with Gasteiger partial charge in [0.2, 0.25) is 0 Å². The Kier molecular flexibility index (Phi) is 3.46. The minimum absolute atomic E-state index is 0.0269. The highest BCUT2D eigenvalue weighted by molar-refractivity contribution is 5.42. The highest BCUT2D eigenvalue weighted by Gasteiger charge is 2.46. The first-order valence-electron chi connectivity index (χ1n) is 7.28. The molecule has 2 fully saturated rings. The number of aliphatic hydroxyl groups is 1. The van der Waals surface area contributed by atoms with E-state index in [0.717, 1.165) is 31.4 Å². The van der Waals surface area contributed by atoms with Crippen LogP contribution < -0.4 is 0 Å². The van der Waals surface area contributed by atoms with Gasteiger partial charge in [0, 0.05) is 17.6 Å². The Morgan fingerprint density at radius 2 is 1.81 bits per heavy atom. The molecule has 0 radical (unpaired) electrons. The Balaban J connectivity index is 2.04. The van der Waals surface area contributed by atoms with Crippen molar-refractivity contribution in [3.8, 4) is 6.07 Å². The van der Waals surface area contributed by atoms with Crippen LogP contribution in [-0.4, -0.2) is 29.1 Å². The molecule has 2 aliphatic rings. The molecule has 21 heavy (non-hydrogen) atoms. The van der Waals surface area contributed by atoms with Gasteiger partial charge in [0.05, 0.1) is 17.2 Å². The summed E-state index contributed by atoms with van der Waals surface area (Å²) in [6.45, 7) is 0. The number of hydrogen-bond acceptors (Lipinski definition) is 3. The van der Waals surface area contributed by atoms with Crippen molar-refractivity contribution in [2.24, 2.45) is 0 Å². The minimum Gasteiger partial charge on any atom is -0.385 e. The van der Waals surface area contributed by atoms with E-state index >= 15 is 0 Å². The smallest absolute Gasteiger partial charge is 0.160 e. The number of halogens is 2. The Morgan fingerprint density at radius 3 is 2.38 bits per heavy atom. The Labute approximate surface area is 122 Å². The average molecular weight is 292 g/mol. The number of fused-ring (bicyclic) bond motifs is 2. The van der Waals surface area contributed by atoms with Crippen LogP contribution in [0.1, 0.15) is 43.2 Å². The molecule has 1 N–H and O–H groups in total. The lowest BCUT2D eigenvalue weighted by Crippen LogP contribution is -2.55. The summed E-state index contributed by atoms with van der Waals surface area (Å²) in [7, 11) is 2.05. The monoisotopic (exact) mass is 292 g/mol. The molecule has 1 aromatic rings. The zero-order chi connectivity index (χ0) is 15.2. The molecule has 2 unspecified atom stereocenters. The van der Waals surface area contributed by atoms with E-state index in [9.17, 15) is 19.1 Å². The van der Waals surface area contributed by atoms with Gasteiger partial charge in [0.15, 0.2) is 11.6 Å². The molecular weight excluding hydrogens is 274 g/mol. The SMILES string of the molecule is CN1C2CCCC1CC(O)(c1cc(F)c(F)cc1C#N)C2. The predicted octanol–water partition coefficient (Wildman–Crippen LogP) is 2.67. The van der Waals surface area contributed by atoms with E-state index < -0.39 is 17.2 Å². The lowest BCUT2D eigenvalue weighted by atomic mass is 9.72.